The van der Waals surface area contributed by atoms with E-state index in [-0.39, 0.29) is 32.2 Å². The highest BCUT2D eigenvalue weighted by Crippen LogP contribution is 2.34. The molecule has 0 saturated heterocycles. The van der Waals surface area contributed by atoms with Gasteiger partial charge in [0.1, 0.15) is 0 Å². The van der Waals surface area contributed by atoms with Crippen LogP contribution in [0, 0.1) is 0 Å². The molecule has 3 aromatic rings. The van der Waals surface area contributed by atoms with Crippen LogP contribution in [-0.2, 0) is 15.8 Å². The number of fused-ring (bicyclic) bond motifs is 1. The van der Waals surface area contributed by atoms with Crippen molar-refractivity contribution in [3.05, 3.63) is 53.1 Å². The molecule has 1 aromatic heterocycles. The second-order valence-corrected chi connectivity index (χ2v) is 7.18. The Kier molecular flexibility index (Phi) is 5.65. The summed E-state index contributed by atoms with van der Waals surface area (Å²) in [5.74, 6) is -2.95. The van der Waals surface area contributed by atoms with Crippen LogP contribution in [0.5, 0.6) is 11.5 Å². The molecular formula is C19H13F3N2O5S. The third-order valence-electron chi connectivity index (χ3n) is 3.93. The van der Waals surface area contributed by atoms with Crippen molar-refractivity contribution in [1.82, 2.24) is 4.98 Å². The highest BCUT2D eigenvalue weighted by Gasteiger charge is 2.30. The molecule has 0 aliphatic rings. The number of nitrogens with one attached hydrogen (secondary N) is 1. The number of carboxylic acids is 1. The van der Waals surface area contributed by atoms with Crippen LogP contribution >= 0.6 is 11.3 Å². The number of aromatic hydroxyl groups is 2. The quantitative estimate of drug-likeness (QED) is 0.350. The van der Waals surface area contributed by atoms with Crippen molar-refractivity contribution in [2.75, 3.05) is 5.32 Å². The lowest BCUT2D eigenvalue weighted by Crippen LogP contribution is -2.15. The van der Waals surface area contributed by atoms with Gasteiger partial charge in [-0.15, -0.1) is 0 Å². The number of hydrogen-bond acceptors (Lipinski definition) is 6. The molecule has 0 unspecified atom stereocenters. The molecule has 1 heterocycles. The summed E-state index contributed by atoms with van der Waals surface area (Å²) >= 11 is 0.828. The number of thiazole rings is 1. The fourth-order valence-electron chi connectivity index (χ4n) is 2.51. The number of rotatable bonds is 5. The van der Waals surface area contributed by atoms with Gasteiger partial charge in [0, 0.05) is 5.57 Å². The Balaban J connectivity index is 1.78. The average Bonchev–Trinajstić information content (AvgIpc) is 3.04. The Hall–Kier alpha value is -3.60. The largest absolute Gasteiger partial charge is 0.504 e. The van der Waals surface area contributed by atoms with Crippen molar-refractivity contribution >= 4 is 44.6 Å². The van der Waals surface area contributed by atoms with Crippen LogP contribution in [0.4, 0.5) is 18.3 Å². The number of benzene rings is 2. The van der Waals surface area contributed by atoms with Gasteiger partial charge in [-0.1, -0.05) is 17.4 Å². The fourth-order valence-corrected chi connectivity index (χ4v) is 3.43. The number of phenols is 2. The molecule has 11 heteroatoms. The number of carboxylic acid groups (broad SMARTS) is 1. The minimum absolute atomic E-state index is 0.0290. The number of nitrogens with zero attached hydrogens (tertiary/aromatic N) is 1. The van der Waals surface area contributed by atoms with Gasteiger partial charge in [-0.3, -0.25) is 4.79 Å². The van der Waals surface area contributed by atoms with E-state index in [9.17, 15) is 38.1 Å². The summed E-state index contributed by atoms with van der Waals surface area (Å²) in [5.41, 5.74) is -0.644. The molecule has 0 aliphatic heterocycles. The molecule has 0 radical (unpaired) electrons. The number of carbonyl (C=O) groups excluding carboxylic acids is 1. The highest BCUT2D eigenvalue weighted by atomic mass is 32.1. The zero-order valence-corrected chi connectivity index (χ0v) is 15.7. The van der Waals surface area contributed by atoms with Crippen molar-refractivity contribution in [3.8, 4) is 11.5 Å². The number of anilines is 1. The van der Waals surface area contributed by atoms with Crippen LogP contribution in [0.25, 0.3) is 16.3 Å². The lowest BCUT2D eigenvalue weighted by molar-refractivity contribution is -0.137. The maximum Gasteiger partial charge on any atom is 0.416 e. The van der Waals surface area contributed by atoms with Gasteiger partial charge in [0.25, 0.3) is 0 Å². The summed E-state index contributed by atoms with van der Waals surface area (Å²) < 4.78 is 38.6. The summed E-state index contributed by atoms with van der Waals surface area (Å²) in [6, 6.07) is 6.62. The van der Waals surface area contributed by atoms with Gasteiger partial charge in [0.15, 0.2) is 16.6 Å². The van der Waals surface area contributed by atoms with Crippen molar-refractivity contribution in [2.45, 2.75) is 12.6 Å². The number of amides is 1. The van der Waals surface area contributed by atoms with Gasteiger partial charge in [-0.2, -0.15) is 13.2 Å². The van der Waals surface area contributed by atoms with E-state index in [0.717, 1.165) is 41.7 Å². The predicted molar refractivity (Wildman–Crippen MR) is 103 cm³/mol. The topological polar surface area (TPSA) is 120 Å². The molecule has 1 amide bonds. The van der Waals surface area contributed by atoms with E-state index in [0.29, 0.717) is 0 Å². The normalized spacial score (nSPS) is 12.2. The van der Waals surface area contributed by atoms with Crippen LogP contribution < -0.4 is 5.32 Å². The third-order valence-corrected chi connectivity index (χ3v) is 4.86. The lowest BCUT2D eigenvalue weighted by atomic mass is 10.1. The second kappa shape index (κ2) is 8.03. The van der Waals surface area contributed by atoms with E-state index in [1.54, 1.807) is 0 Å². The summed E-state index contributed by atoms with van der Waals surface area (Å²) in [6.07, 6.45) is -3.92. The van der Waals surface area contributed by atoms with Crippen molar-refractivity contribution in [2.24, 2.45) is 0 Å². The van der Waals surface area contributed by atoms with Crippen molar-refractivity contribution in [1.29, 1.82) is 0 Å². The molecule has 0 atom stereocenters. The smallest absolute Gasteiger partial charge is 0.416 e. The number of hydrogen-bond donors (Lipinski definition) is 4. The zero-order valence-electron chi connectivity index (χ0n) is 14.9. The van der Waals surface area contributed by atoms with E-state index < -0.39 is 35.8 Å². The first kappa shape index (κ1) is 21.1. The first-order valence-corrected chi connectivity index (χ1v) is 9.08. The number of halogens is 3. The molecule has 0 aliphatic carbocycles. The van der Waals surface area contributed by atoms with E-state index in [1.165, 1.54) is 12.1 Å². The molecule has 0 spiro atoms. The number of carbonyl (C=O) groups is 2. The third kappa shape index (κ3) is 4.87. The molecule has 0 bridgehead atoms. The molecule has 156 valence electrons. The van der Waals surface area contributed by atoms with E-state index in [1.807, 2.05) is 0 Å². The van der Waals surface area contributed by atoms with Gasteiger partial charge < -0.3 is 20.6 Å². The van der Waals surface area contributed by atoms with Crippen LogP contribution in [0.2, 0.25) is 0 Å². The van der Waals surface area contributed by atoms with Gasteiger partial charge >= 0.3 is 12.1 Å². The average molecular weight is 438 g/mol. The monoisotopic (exact) mass is 438 g/mol. The number of aliphatic carboxylic acids is 1. The highest BCUT2D eigenvalue weighted by molar-refractivity contribution is 7.22. The zero-order chi connectivity index (χ0) is 22.1. The Bertz CT molecular complexity index is 1170. The van der Waals surface area contributed by atoms with Gasteiger partial charge in [-0.05, 0) is 42.0 Å². The van der Waals surface area contributed by atoms with Crippen molar-refractivity contribution < 1.29 is 38.1 Å². The summed E-state index contributed by atoms with van der Waals surface area (Å²) in [4.78, 5) is 27.7. The molecule has 4 N–H and O–H groups in total. The summed E-state index contributed by atoms with van der Waals surface area (Å²) in [5, 5.41) is 30.5. The summed E-state index contributed by atoms with van der Waals surface area (Å²) in [7, 11) is 0. The van der Waals surface area contributed by atoms with Gasteiger partial charge in [0.05, 0.1) is 22.2 Å². The minimum Gasteiger partial charge on any atom is -0.504 e. The maximum absolute atomic E-state index is 12.8. The molecule has 7 nitrogen and oxygen atoms in total. The van der Waals surface area contributed by atoms with Gasteiger partial charge in [-0.25, -0.2) is 9.78 Å². The molecule has 2 aromatic carbocycles. The second-order valence-electron chi connectivity index (χ2n) is 6.15. The molecule has 0 fully saturated rings. The maximum atomic E-state index is 12.8. The van der Waals surface area contributed by atoms with Crippen molar-refractivity contribution in [3.63, 3.8) is 0 Å². The van der Waals surface area contributed by atoms with Crippen LogP contribution in [-0.4, -0.2) is 32.2 Å². The van der Waals surface area contributed by atoms with E-state index in [4.69, 9.17) is 0 Å². The molecule has 0 saturated carbocycles. The number of aromatic nitrogens is 1. The first-order chi connectivity index (χ1) is 14.0. The Morgan fingerprint density at radius 3 is 2.47 bits per heavy atom. The van der Waals surface area contributed by atoms with Gasteiger partial charge in [0.2, 0.25) is 5.91 Å². The first-order valence-electron chi connectivity index (χ1n) is 8.26. The fraction of sp³-hybridized carbons (Fsp3) is 0.105. The SMILES string of the molecule is O=C(C/C(=C\c1ccc(O)c(O)c1)C(=O)O)Nc1nc2ccc(C(F)(F)F)cc2s1. The van der Waals surface area contributed by atoms with E-state index in [2.05, 4.69) is 10.3 Å². The van der Waals surface area contributed by atoms with Crippen LogP contribution in [0.15, 0.2) is 42.0 Å². The van der Waals surface area contributed by atoms with Crippen LogP contribution in [0.1, 0.15) is 17.5 Å². The number of phenolic OH excluding ortho intramolecular Hbond substituents is 2. The molecule has 30 heavy (non-hydrogen) atoms. The molecular weight excluding hydrogens is 425 g/mol. The van der Waals surface area contributed by atoms with E-state index >= 15 is 0 Å². The predicted octanol–water partition coefficient (Wildman–Crippen LogP) is 4.22. The summed E-state index contributed by atoms with van der Waals surface area (Å²) in [6.45, 7) is 0. The molecule has 3 rings (SSSR count). The minimum atomic E-state index is -4.51. The van der Waals surface area contributed by atoms with Crippen LogP contribution in [0.3, 0.4) is 0 Å². The lowest BCUT2D eigenvalue weighted by Gasteiger charge is -2.04. The Morgan fingerprint density at radius 2 is 1.83 bits per heavy atom. The number of alkyl halides is 3. The Morgan fingerprint density at radius 1 is 1.10 bits per heavy atom. The standard InChI is InChI=1S/C19H13F3N2O5S/c20-19(21,22)11-2-3-12-15(8-11)30-18(23-12)24-16(27)7-10(17(28)29)5-9-1-4-13(25)14(26)6-9/h1-6,8,25-26H,7H2,(H,28,29)(H,23,24,27)/b10-5+. The Labute approximate surface area is 170 Å².